The summed E-state index contributed by atoms with van der Waals surface area (Å²) in [7, 11) is 3.49. The van der Waals surface area contributed by atoms with Gasteiger partial charge in [0.1, 0.15) is 23.7 Å². The molecule has 228 valence electrons. The molecule has 4 unspecified atom stereocenters. The maximum Gasteiger partial charge on any atom is 0.331 e. The fraction of sp³-hybridized carbons (Fsp3) is 0.500. The molecule has 42 heavy (non-hydrogen) atoms. The molecule has 0 saturated carbocycles. The average Bonchev–Trinajstić information content (AvgIpc) is 2.93. The Hall–Kier alpha value is -3.76. The Morgan fingerprint density at radius 3 is 1.45 bits per heavy atom. The molecule has 10 nitrogen and oxygen atoms in total. The zero-order valence-corrected chi connectivity index (χ0v) is 25.3. The van der Waals surface area contributed by atoms with E-state index < -0.39 is 24.1 Å². The SMILES string of the molecule is CNc1c(O)ccc2c1CCC(NC(C)C)C2OC(=O)/C=C/C(=O)OC1c2ccc(O)c(NC)c2CCC1NC(C)C. The summed E-state index contributed by atoms with van der Waals surface area (Å²) < 4.78 is 11.9. The molecule has 0 fully saturated rings. The van der Waals surface area contributed by atoms with Crippen molar-refractivity contribution in [2.24, 2.45) is 0 Å². The highest BCUT2D eigenvalue weighted by molar-refractivity contribution is 5.92. The van der Waals surface area contributed by atoms with Gasteiger partial charge in [-0.1, -0.05) is 39.8 Å². The monoisotopic (exact) mass is 580 g/mol. The standard InChI is InChI=1S/C32H44N4O6/c1-17(2)35-23-11-7-19-21(9-13-25(37)29(19)33-5)31(23)41-27(39)15-16-28(40)42-32-22-10-14-26(38)30(34-6)20(22)8-12-24(32)36-18(3)4/h9-10,13-18,23-24,31-38H,7-8,11-12H2,1-6H3/b16-15+. The van der Waals surface area contributed by atoms with Gasteiger partial charge >= 0.3 is 11.9 Å². The van der Waals surface area contributed by atoms with Crippen molar-refractivity contribution < 1.29 is 29.3 Å². The Morgan fingerprint density at radius 2 is 1.12 bits per heavy atom. The Bertz CT molecular complexity index is 1230. The lowest BCUT2D eigenvalue weighted by Gasteiger charge is -2.36. The maximum atomic E-state index is 13.0. The predicted molar refractivity (Wildman–Crippen MR) is 163 cm³/mol. The van der Waals surface area contributed by atoms with E-state index in [0.717, 1.165) is 34.4 Å². The first-order valence-electron chi connectivity index (χ1n) is 14.7. The summed E-state index contributed by atoms with van der Waals surface area (Å²) in [5, 5.41) is 33.7. The van der Waals surface area contributed by atoms with Crippen molar-refractivity contribution in [3.8, 4) is 11.5 Å². The van der Waals surface area contributed by atoms with E-state index >= 15 is 0 Å². The van der Waals surface area contributed by atoms with Crippen LogP contribution in [0.2, 0.25) is 0 Å². The van der Waals surface area contributed by atoms with E-state index in [-0.39, 0.29) is 35.7 Å². The number of ether oxygens (including phenoxy) is 2. The van der Waals surface area contributed by atoms with Crippen LogP contribution in [0.4, 0.5) is 11.4 Å². The van der Waals surface area contributed by atoms with Crippen LogP contribution in [-0.2, 0) is 31.9 Å². The fourth-order valence-electron chi connectivity index (χ4n) is 6.22. The van der Waals surface area contributed by atoms with Crippen LogP contribution in [0.3, 0.4) is 0 Å². The molecule has 2 aliphatic carbocycles. The zero-order valence-electron chi connectivity index (χ0n) is 25.3. The Balaban J connectivity index is 1.53. The van der Waals surface area contributed by atoms with Crippen LogP contribution in [0.15, 0.2) is 36.4 Å². The minimum Gasteiger partial charge on any atom is -0.506 e. The number of phenols is 2. The highest BCUT2D eigenvalue weighted by Crippen LogP contribution is 2.42. The third kappa shape index (κ3) is 6.82. The number of aromatic hydroxyl groups is 2. The molecular formula is C32H44N4O6. The van der Waals surface area contributed by atoms with Crippen LogP contribution >= 0.6 is 0 Å². The molecule has 2 aromatic carbocycles. The highest BCUT2D eigenvalue weighted by Gasteiger charge is 2.36. The lowest BCUT2D eigenvalue weighted by Crippen LogP contribution is -2.43. The third-order valence-electron chi connectivity index (χ3n) is 7.85. The minimum absolute atomic E-state index is 0.129. The third-order valence-corrected chi connectivity index (χ3v) is 7.85. The fourth-order valence-corrected chi connectivity index (χ4v) is 6.22. The van der Waals surface area contributed by atoms with Crippen LogP contribution < -0.4 is 21.3 Å². The van der Waals surface area contributed by atoms with Gasteiger partial charge in [0.25, 0.3) is 0 Å². The van der Waals surface area contributed by atoms with Crippen LogP contribution in [0.5, 0.6) is 11.5 Å². The number of carbonyl (C=O) groups is 2. The Labute approximate surface area is 247 Å². The van der Waals surface area contributed by atoms with Crippen molar-refractivity contribution in [1.29, 1.82) is 0 Å². The van der Waals surface area contributed by atoms with E-state index in [2.05, 4.69) is 21.3 Å². The normalized spacial score (nSPS) is 21.6. The summed E-state index contributed by atoms with van der Waals surface area (Å²) in [6, 6.07) is 6.84. The van der Waals surface area contributed by atoms with Crippen LogP contribution in [-0.4, -0.2) is 60.4 Å². The van der Waals surface area contributed by atoms with Gasteiger partial charge in [-0.25, -0.2) is 9.59 Å². The highest BCUT2D eigenvalue weighted by atomic mass is 16.6. The number of fused-ring (bicyclic) bond motifs is 2. The Kier molecular flexibility index (Phi) is 10.0. The van der Waals surface area contributed by atoms with Crippen molar-refractivity contribution >= 4 is 23.3 Å². The molecule has 4 atom stereocenters. The number of rotatable bonds is 10. The van der Waals surface area contributed by atoms with Gasteiger partial charge in [-0.2, -0.15) is 0 Å². The van der Waals surface area contributed by atoms with Gasteiger partial charge in [0, 0.05) is 50.4 Å². The topological polar surface area (TPSA) is 141 Å². The molecule has 0 saturated heterocycles. The van der Waals surface area contributed by atoms with Gasteiger partial charge in [-0.3, -0.25) is 0 Å². The van der Waals surface area contributed by atoms with Gasteiger partial charge in [0.05, 0.1) is 11.4 Å². The largest absolute Gasteiger partial charge is 0.506 e. The number of hydrogen-bond donors (Lipinski definition) is 6. The predicted octanol–water partition coefficient (Wildman–Crippen LogP) is 4.23. The van der Waals surface area contributed by atoms with Crippen molar-refractivity contribution in [1.82, 2.24) is 10.6 Å². The van der Waals surface area contributed by atoms with Crippen molar-refractivity contribution in [2.75, 3.05) is 24.7 Å². The number of anilines is 2. The van der Waals surface area contributed by atoms with Gasteiger partial charge in [0.2, 0.25) is 0 Å². The molecule has 2 aliphatic rings. The first-order valence-corrected chi connectivity index (χ1v) is 14.7. The van der Waals surface area contributed by atoms with Gasteiger partial charge in [-0.05, 0) is 60.1 Å². The van der Waals surface area contributed by atoms with Crippen molar-refractivity contribution in [3.63, 3.8) is 0 Å². The van der Waals surface area contributed by atoms with Crippen LogP contribution in [0.1, 0.15) is 75.0 Å². The number of hydrogen-bond acceptors (Lipinski definition) is 10. The summed E-state index contributed by atoms with van der Waals surface area (Å²) in [5.41, 5.74) is 4.71. The first-order chi connectivity index (χ1) is 20.0. The molecule has 0 aromatic heterocycles. The molecule has 0 aliphatic heterocycles. The van der Waals surface area contributed by atoms with Gasteiger partial charge in [-0.15, -0.1) is 0 Å². The molecular weight excluding hydrogens is 536 g/mol. The molecule has 0 heterocycles. The molecule has 0 bridgehead atoms. The number of esters is 2. The first kappa shape index (κ1) is 31.2. The average molecular weight is 581 g/mol. The summed E-state index contributed by atoms with van der Waals surface area (Å²) in [6.07, 6.45) is 3.85. The molecule has 0 spiro atoms. The number of benzene rings is 2. The second-order valence-electron chi connectivity index (χ2n) is 11.5. The lowest BCUT2D eigenvalue weighted by atomic mass is 9.84. The second-order valence-corrected chi connectivity index (χ2v) is 11.5. The van der Waals surface area contributed by atoms with Crippen LogP contribution in [0.25, 0.3) is 0 Å². The summed E-state index contributed by atoms with van der Waals surface area (Å²) in [6.45, 7) is 8.13. The number of phenolic OH excluding ortho intramolecular Hbond substituents is 2. The lowest BCUT2D eigenvalue weighted by molar-refractivity contribution is -0.148. The maximum absolute atomic E-state index is 13.0. The minimum atomic E-state index is -0.664. The van der Waals surface area contributed by atoms with E-state index in [9.17, 15) is 19.8 Å². The molecule has 2 aromatic rings. The smallest absolute Gasteiger partial charge is 0.331 e. The van der Waals surface area contributed by atoms with Gasteiger partial charge in [0.15, 0.2) is 0 Å². The van der Waals surface area contributed by atoms with Crippen molar-refractivity contribution in [3.05, 3.63) is 58.7 Å². The quantitative estimate of drug-likeness (QED) is 0.137. The number of nitrogens with one attached hydrogen (secondary N) is 4. The second kappa shape index (κ2) is 13.5. The van der Waals surface area contributed by atoms with Gasteiger partial charge < -0.3 is 41.0 Å². The van der Waals surface area contributed by atoms with E-state index in [1.807, 2.05) is 27.7 Å². The number of carbonyl (C=O) groups excluding carboxylic acids is 2. The summed E-state index contributed by atoms with van der Waals surface area (Å²) in [5.74, 6) is -1.04. The van der Waals surface area contributed by atoms with Crippen molar-refractivity contribution in [2.45, 2.75) is 89.8 Å². The zero-order chi connectivity index (χ0) is 30.6. The Morgan fingerprint density at radius 1 is 0.738 bits per heavy atom. The summed E-state index contributed by atoms with van der Waals surface area (Å²) >= 11 is 0. The molecule has 4 rings (SSSR count). The van der Waals surface area contributed by atoms with Crippen LogP contribution in [0, 0.1) is 0 Å². The van der Waals surface area contributed by atoms with E-state index in [1.54, 1.807) is 38.4 Å². The molecule has 10 heteroatoms. The van der Waals surface area contributed by atoms with E-state index in [1.165, 1.54) is 0 Å². The van der Waals surface area contributed by atoms with E-state index in [0.29, 0.717) is 37.1 Å². The molecule has 0 radical (unpaired) electrons. The summed E-state index contributed by atoms with van der Waals surface area (Å²) in [4.78, 5) is 26.1. The molecule has 6 N–H and O–H groups in total. The van der Waals surface area contributed by atoms with E-state index in [4.69, 9.17) is 9.47 Å². The molecule has 0 amide bonds.